The number of aryl methyl sites for hydroxylation is 2. The van der Waals surface area contributed by atoms with Crippen LogP contribution in [-0.2, 0) is 17.7 Å². The first kappa shape index (κ1) is 15.8. The predicted molar refractivity (Wildman–Crippen MR) is 80.7 cm³/mol. The van der Waals surface area contributed by atoms with E-state index in [1.54, 1.807) is 0 Å². The van der Waals surface area contributed by atoms with Gasteiger partial charge in [0.25, 0.3) is 0 Å². The summed E-state index contributed by atoms with van der Waals surface area (Å²) < 4.78 is 7.62. The van der Waals surface area contributed by atoms with Crippen LogP contribution in [-0.4, -0.2) is 28.5 Å². The van der Waals surface area contributed by atoms with E-state index in [-0.39, 0.29) is 6.04 Å². The van der Waals surface area contributed by atoms with Gasteiger partial charge in [0.1, 0.15) is 0 Å². The lowest BCUT2D eigenvalue weighted by Crippen LogP contribution is -2.38. The Labute approximate surface area is 125 Å². The van der Waals surface area contributed by atoms with Crippen LogP contribution in [0.5, 0.6) is 0 Å². The third kappa shape index (κ3) is 3.73. The third-order valence-corrected chi connectivity index (χ3v) is 4.48. The Hall–Kier alpha value is -0.620. The van der Waals surface area contributed by atoms with Crippen molar-refractivity contribution in [2.75, 3.05) is 6.61 Å². The van der Waals surface area contributed by atoms with Crippen molar-refractivity contribution < 1.29 is 4.74 Å². The maximum absolute atomic E-state index is 6.34. The van der Waals surface area contributed by atoms with Crippen molar-refractivity contribution in [3.8, 4) is 0 Å². The van der Waals surface area contributed by atoms with Crippen LogP contribution >= 0.6 is 11.6 Å². The molecule has 0 saturated carbocycles. The molecular weight excluding hydrogens is 276 g/mol. The standard InChI is InChI=1S/C14H25ClN4O/c1-3-19-13(14(15)10(2)18-19)9-11(17-16)6-7-12-5-4-8-20-12/h11-12,17H,3-9,16H2,1-2H3. The summed E-state index contributed by atoms with van der Waals surface area (Å²) in [5.74, 6) is 5.69. The molecule has 114 valence electrons. The van der Waals surface area contributed by atoms with Crippen LogP contribution in [0.25, 0.3) is 0 Å². The highest BCUT2D eigenvalue weighted by molar-refractivity contribution is 6.31. The molecule has 1 aromatic rings. The highest BCUT2D eigenvalue weighted by Crippen LogP contribution is 2.23. The van der Waals surface area contributed by atoms with Gasteiger partial charge < -0.3 is 4.74 Å². The van der Waals surface area contributed by atoms with Crippen molar-refractivity contribution in [3.05, 3.63) is 16.4 Å². The van der Waals surface area contributed by atoms with Crippen LogP contribution in [0.15, 0.2) is 0 Å². The topological polar surface area (TPSA) is 65.1 Å². The number of hydrazine groups is 1. The summed E-state index contributed by atoms with van der Waals surface area (Å²) in [5.41, 5.74) is 4.87. The molecule has 0 bridgehead atoms. The van der Waals surface area contributed by atoms with E-state index in [1.165, 1.54) is 12.8 Å². The van der Waals surface area contributed by atoms with Gasteiger partial charge in [-0.3, -0.25) is 16.0 Å². The lowest BCUT2D eigenvalue weighted by molar-refractivity contribution is 0.0995. The summed E-state index contributed by atoms with van der Waals surface area (Å²) >= 11 is 6.34. The molecule has 20 heavy (non-hydrogen) atoms. The molecule has 1 aromatic heterocycles. The molecule has 0 amide bonds. The van der Waals surface area contributed by atoms with Crippen LogP contribution in [0.4, 0.5) is 0 Å². The molecule has 0 spiro atoms. The second-order valence-corrected chi connectivity index (χ2v) is 5.82. The zero-order valence-corrected chi connectivity index (χ0v) is 13.1. The van der Waals surface area contributed by atoms with Gasteiger partial charge in [-0.25, -0.2) is 0 Å². The fraction of sp³-hybridized carbons (Fsp3) is 0.786. The van der Waals surface area contributed by atoms with Crippen molar-refractivity contribution in [2.24, 2.45) is 5.84 Å². The largest absolute Gasteiger partial charge is 0.378 e. The van der Waals surface area contributed by atoms with Crippen LogP contribution in [0.1, 0.15) is 44.0 Å². The van der Waals surface area contributed by atoms with E-state index in [0.29, 0.717) is 6.10 Å². The summed E-state index contributed by atoms with van der Waals surface area (Å²) in [6.07, 6.45) is 5.59. The Morgan fingerprint density at radius 1 is 1.60 bits per heavy atom. The molecule has 1 aliphatic heterocycles. The molecule has 0 aromatic carbocycles. The van der Waals surface area contributed by atoms with E-state index in [1.807, 2.05) is 11.6 Å². The van der Waals surface area contributed by atoms with Crippen molar-refractivity contribution in [3.63, 3.8) is 0 Å². The molecule has 6 heteroatoms. The summed E-state index contributed by atoms with van der Waals surface area (Å²) in [6.45, 7) is 5.74. The van der Waals surface area contributed by atoms with Gasteiger partial charge in [0.2, 0.25) is 0 Å². The number of nitrogens with zero attached hydrogens (tertiary/aromatic N) is 2. The highest BCUT2D eigenvalue weighted by Gasteiger charge is 2.20. The van der Waals surface area contributed by atoms with E-state index in [9.17, 15) is 0 Å². The van der Waals surface area contributed by atoms with Gasteiger partial charge in [-0.05, 0) is 39.5 Å². The smallest absolute Gasteiger partial charge is 0.0847 e. The van der Waals surface area contributed by atoms with Crippen LogP contribution in [0.2, 0.25) is 5.02 Å². The molecule has 1 fully saturated rings. The number of ether oxygens (including phenoxy) is 1. The van der Waals surface area contributed by atoms with Gasteiger partial charge >= 0.3 is 0 Å². The van der Waals surface area contributed by atoms with Crippen LogP contribution in [0, 0.1) is 6.92 Å². The first-order chi connectivity index (χ1) is 9.65. The van der Waals surface area contributed by atoms with Crippen molar-refractivity contribution in [2.45, 2.75) is 64.6 Å². The summed E-state index contributed by atoms with van der Waals surface area (Å²) in [4.78, 5) is 0. The summed E-state index contributed by atoms with van der Waals surface area (Å²) in [5, 5.41) is 5.21. The second-order valence-electron chi connectivity index (χ2n) is 5.44. The Bertz CT molecular complexity index is 429. The molecule has 2 rings (SSSR count). The summed E-state index contributed by atoms with van der Waals surface area (Å²) in [7, 11) is 0. The predicted octanol–water partition coefficient (Wildman–Crippen LogP) is 2.20. The number of halogens is 1. The number of nitrogens with two attached hydrogens (primary N) is 1. The summed E-state index contributed by atoms with van der Waals surface area (Å²) in [6, 6.07) is 0.207. The average molecular weight is 301 g/mol. The Balaban J connectivity index is 1.95. The lowest BCUT2D eigenvalue weighted by Gasteiger charge is -2.18. The molecular formula is C14H25ClN4O. The number of hydrogen-bond donors (Lipinski definition) is 2. The molecule has 0 aliphatic carbocycles. The SMILES string of the molecule is CCn1nc(C)c(Cl)c1CC(CCC1CCCO1)NN. The van der Waals surface area contributed by atoms with E-state index < -0.39 is 0 Å². The monoisotopic (exact) mass is 300 g/mol. The van der Waals surface area contributed by atoms with Gasteiger partial charge in [-0.15, -0.1) is 0 Å². The second kappa shape index (κ2) is 7.41. The number of nitrogens with one attached hydrogen (secondary N) is 1. The van der Waals surface area contributed by atoms with Crippen molar-refractivity contribution in [1.29, 1.82) is 0 Å². The molecule has 0 radical (unpaired) electrons. The Morgan fingerprint density at radius 2 is 2.40 bits per heavy atom. The van der Waals surface area contributed by atoms with Gasteiger partial charge in [0, 0.05) is 25.6 Å². The van der Waals surface area contributed by atoms with Gasteiger partial charge in [-0.2, -0.15) is 5.10 Å². The zero-order valence-electron chi connectivity index (χ0n) is 12.4. The average Bonchev–Trinajstić information content (AvgIpc) is 3.06. The molecule has 1 saturated heterocycles. The van der Waals surface area contributed by atoms with E-state index in [0.717, 1.165) is 48.8 Å². The molecule has 2 heterocycles. The van der Waals surface area contributed by atoms with Crippen molar-refractivity contribution >= 4 is 11.6 Å². The fourth-order valence-electron chi connectivity index (χ4n) is 2.80. The number of rotatable bonds is 7. The molecule has 3 N–H and O–H groups in total. The quantitative estimate of drug-likeness (QED) is 0.598. The van der Waals surface area contributed by atoms with E-state index >= 15 is 0 Å². The zero-order chi connectivity index (χ0) is 14.5. The van der Waals surface area contributed by atoms with Crippen LogP contribution in [0.3, 0.4) is 0 Å². The van der Waals surface area contributed by atoms with E-state index in [4.69, 9.17) is 22.2 Å². The molecule has 2 atom stereocenters. The molecule has 1 aliphatic rings. The van der Waals surface area contributed by atoms with Crippen LogP contribution < -0.4 is 11.3 Å². The van der Waals surface area contributed by atoms with Crippen molar-refractivity contribution in [1.82, 2.24) is 15.2 Å². The van der Waals surface area contributed by atoms with Gasteiger partial charge in [-0.1, -0.05) is 11.6 Å². The third-order valence-electron chi connectivity index (χ3n) is 3.99. The minimum absolute atomic E-state index is 0.207. The first-order valence-corrected chi connectivity index (χ1v) is 7.83. The van der Waals surface area contributed by atoms with Gasteiger partial charge in [0.05, 0.1) is 22.5 Å². The lowest BCUT2D eigenvalue weighted by atomic mass is 10.0. The Kier molecular flexibility index (Phi) is 5.84. The number of hydrogen-bond acceptors (Lipinski definition) is 4. The molecule has 5 nitrogen and oxygen atoms in total. The minimum atomic E-state index is 0.207. The minimum Gasteiger partial charge on any atom is -0.378 e. The number of aromatic nitrogens is 2. The first-order valence-electron chi connectivity index (χ1n) is 7.45. The maximum Gasteiger partial charge on any atom is 0.0847 e. The highest BCUT2D eigenvalue weighted by atomic mass is 35.5. The fourth-order valence-corrected chi connectivity index (χ4v) is 3.01. The Morgan fingerprint density at radius 3 is 3.00 bits per heavy atom. The normalized spacial score (nSPS) is 20.5. The molecule has 2 unspecified atom stereocenters. The van der Waals surface area contributed by atoms with Gasteiger partial charge in [0.15, 0.2) is 0 Å². The maximum atomic E-state index is 6.34. The van der Waals surface area contributed by atoms with E-state index in [2.05, 4.69) is 17.4 Å².